The van der Waals surface area contributed by atoms with Crippen LogP contribution in [-0.2, 0) is 9.59 Å². The standard InChI is InChI=1S/C9H9NO3S/c11-8-3-6(9(12)13)4-10(8)7-1-2-14-5-7/h1-2,5-6H,3-4H2,(H,12,13). The number of hydrogen-bond acceptors (Lipinski definition) is 3. The number of nitrogens with zero attached hydrogens (tertiary/aromatic N) is 1. The summed E-state index contributed by atoms with van der Waals surface area (Å²) >= 11 is 1.50. The Morgan fingerprint density at radius 2 is 2.43 bits per heavy atom. The van der Waals surface area contributed by atoms with Crippen LogP contribution in [-0.4, -0.2) is 23.5 Å². The summed E-state index contributed by atoms with van der Waals surface area (Å²) in [5.41, 5.74) is 0.809. The van der Waals surface area contributed by atoms with E-state index in [0.29, 0.717) is 6.54 Å². The van der Waals surface area contributed by atoms with Gasteiger partial charge in [0.1, 0.15) is 0 Å². The second-order valence-corrected chi connectivity index (χ2v) is 4.01. The van der Waals surface area contributed by atoms with E-state index in [1.165, 1.54) is 16.2 Å². The fraction of sp³-hybridized carbons (Fsp3) is 0.333. The molecule has 74 valence electrons. The first kappa shape index (κ1) is 9.21. The molecule has 5 heteroatoms. The minimum absolute atomic E-state index is 0.101. The monoisotopic (exact) mass is 211 g/mol. The first-order valence-corrected chi connectivity index (χ1v) is 5.18. The minimum atomic E-state index is -0.893. The maximum absolute atomic E-state index is 11.5. The van der Waals surface area contributed by atoms with Crippen LogP contribution in [0.25, 0.3) is 0 Å². The lowest BCUT2D eigenvalue weighted by atomic mass is 10.1. The largest absolute Gasteiger partial charge is 0.481 e. The van der Waals surface area contributed by atoms with Gasteiger partial charge in [-0.2, -0.15) is 11.3 Å². The van der Waals surface area contributed by atoms with Crippen LogP contribution in [0.1, 0.15) is 6.42 Å². The molecular formula is C9H9NO3S. The van der Waals surface area contributed by atoms with E-state index in [1.807, 2.05) is 16.8 Å². The highest BCUT2D eigenvalue weighted by atomic mass is 32.1. The van der Waals surface area contributed by atoms with Crippen molar-refractivity contribution in [3.05, 3.63) is 16.8 Å². The smallest absolute Gasteiger partial charge is 0.308 e. The first-order chi connectivity index (χ1) is 6.68. The van der Waals surface area contributed by atoms with Gasteiger partial charge < -0.3 is 10.0 Å². The second-order valence-electron chi connectivity index (χ2n) is 3.23. The van der Waals surface area contributed by atoms with Crippen LogP contribution < -0.4 is 4.90 Å². The van der Waals surface area contributed by atoms with E-state index in [0.717, 1.165) is 5.69 Å². The number of amides is 1. The highest BCUT2D eigenvalue weighted by Crippen LogP contribution is 2.26. The molecule has 1 aromatic heterocycles. The molecule has 0 bridgehead atoms. The van der Waals surface area contributed by atoms with Crippen LogP contribution in [0.3, 0.4) is 0 Å². The molecule has 0 spiro atoms. The number of aliphatic carboxylic acids is 1. The number of carboxylic acid groups (broad SMARTS) is 1. The first-order valence-electron chi connectivity index (χ1n) is 4.24. The summed E-state index contributed by atoms with van der Waals surface area (Å²) in [4.78, 5) is 23.7. The molecule has 1 fully saturated rings. The van der Waals surface area contributed by atoms with E-state index in [-0.39, 0.29) is 12.3 Å². The van der Waals surface area contributed by atoms with Crippen molar-refractivity contribution in [1.29, 1.82) is 0 Å². The van der Waals surface area contributed by atoms with Crippen molar-refractivity contribution in [3.8, 4) is 0 Å². The zero-order valence-electron chi connectivity index (χ0n) is 7.34. The Morgan fingerprint density at radius 3 is 2.93 bits per heavy atom. The van der Waals surface area contributed by atoms with Crippen molar-refractivity contribution < 1.29 is 14.7 Å². The maximum atomic E-state index is 11.5. The second kappa shape index (κ2) is 3.42. The lowest BCUT2D eigenvalue weighted by molar-refractivity contribution is -0.141. The van der Waals surface area contributed by atoms with Crippen LogP contribution in [0, 0.1) is 5.92 Å². The Balaban J connectivity index is 2.16. The summed E-state index contributed by atoms with van der Waals surface area (Å²) < 4.78 is 0. The fourth-order valence-corrected chi connectivity index (χ4v) is 2.18. The van der Waals surface area contributed by atoms with E-state index in [4.69, 9.17) is 5.11 Å². The van der Waals surface area contributed by atoms with E-state index in [1.54, 1.807) is 0 Å². The number of carboxylic acids is 1. The van der Waals surface area contributed by atoms with Gasteiger partial charge in [-0.3, -0.25) is 9.59 Å². The van der Waals surface area contributed by atoms with Crippen molar-refractivity contribution in [3.63, 3.8) is 0 Å². The Kier molecular flexibility index (Phi) is 2.25. The number of rotatable bonds is 2. The van der Waals surface area contributed by atoms with Gasteiger partial charge in [-0.25, -0.2) is 0 Å². The Morgan fingerprint density at radius 1 is 1.64 bits per heavy atom. The van der Waals surface area contributed by atoms with Crippen LogP contribution in [0.15, 0.2) is 16.8 Å². The Bertz CT molecular complexity index is 360. The fourth-order valence-electron chi connectivity index (χ4n) is 1.53. The van der Waals surface area contributed by atoms with Gasteiger partial charge in [0.2, 0.25) is 5.91 Å². The predicted molar refractivity (Wildman–Crippen MR) is 52.4 cm³/mol. The van der Waals surface area contributed by atoms with E-state index in [2.05, 4.69) is 0 Å². The Hall–Kier alpha value is -1.36. The molecule has 1 unspecified atom stereocenters. The van der Waals surface area contributed by atoms with E-state index in [9.17, 15) is 9.59 Å². The number of anilines is 1. The average molecular weight is 211 g/mol. The van der Waals surface area contributed by atoms with Crippen molar-refractivity contribution in [2.24, 2.45) is 5.92 Å². The van der Waals surface area contributed by atoms with Gasteiger partial charge in [0.15, 0.2) is 0 Å². The molecule has 4 nitrogen and oxygen atoms in total. The molecule has 0 saturated carbocycles. The van der Waals surface area contributed by atoms with Crippen LogP contribution in [0.4, 0.5) is 5.69 Å². The molecule has 1 amide bonds. The van der Waals surface area contributed by atoms with Gasteiger partial charge in [0.25, 0.3) is 0 Å². The molecule has 0 aromatic carbocycles. The van der Waals surface area contributed by atoms with Crippen molar-refractivity contribution >= 4 is 28.9 Å². The molecule has 0 aliphatic carbocycles. The van der Waals surface area contributed by atoms with Crippen molar-refractivity contribution in [2.75, 3.05) is 11.4 Å². The van der Waals surface area contributed by atoms with E-state index >= 15 is 0 Å². The van der Waals surface area contributed by atoms with Gasteiger partial charge in [0, 0.05) is 18.3 Å². The minimum Gasteiger partial charge on any atom is -0.481 e. The zero-order chi connectivity index (χ0) is 10.1. The lowest BCUT2D eigenvalue weighted by Crippen LogP contribution is -2.25. The number of carbonyl (C=O) groups excluding carboxylic acids is 1. The third-order valence-electron chi connectivity index (χ3n) is 2.29. The molecule has 1 aliphatic rings. The number of hydrogen-bond donors (Lipinski definition) is 1. The quantitative estimate of drug-likeness (QED) is 0.799. The van der Waals surface area contributed by atoms with Gasteiger partial charge in [-0.15, -0.1) is 0 Å². The third kappa shape index (κ3) is 1.50. The average Bonchev–Trinajstić information content (AvgIpc) is 2.71. The highest BCUT2D eigenvalue weighted by Gasteiger charge is 2.34. The normalized spacial score (nSPS) is 21.6. The number of thiophene rings is 1. The molecule has 2 rings (SSSR count). The SMILES string of the molecule is O=C(O)C1CC(=O)N(c2ccsc2)C1. The Labute approximate surface area is 84.8 Å². The maximum Gasteiger partial charge on any atom is 0.308 e. The van der Waals surface area contributed by atoms with Crippen LogP contribution in [0.5, 0.6) is 0 Å². The molecule has 2 heterocycles. The predicted octanol–water partition coefficient (Wildman–Crippen LogP) is 1.19. The van der Waals surface area contributed by atoms with Gasteiger partial charge in [0.05, 0.1) is 11.6 Å². The molecule has 14 heavy (non-hydrogen) atoms. The van der Waals surface area contributed by atoms with Crippen LogP contribution in [0.2, 0.25) is 0 Å². The number of carbonyl (C=O) groups is 2. The topological polar surface area (TPSA) is 57.6 Å². The van der Waals surface area contributed by atoms with Crippen molar-refractivity contribution in [1.82, 2.24) is 0 Å². The molecule has 1 saturated heterocycles. The van der Waals surface area contributed by atoms with Gasteiger partial charge >= 0.3 is 5.97 Å². The summed E-state index contributed by atoms with van der Waals surface area (Å²) in [5.74, 6) is -1.55. The van der Waals surface area contributed by atoms with Gasteiger partial charge in [-0.05, 0) is 11.4 Å². The molecule has 0 radical (unpaired) electrons. The summed E-state index contributed by atoms with van der Waals surface area (Å²) in [6.45, 7) is 0.297. The molecule has 1 N–H and O–H groups in total. The van der Waals surface area contributed by atoms with Crippen LogP contribution >= 0.6 is 11.3 Å². The third-order valence-corrected chi connectivity index (χ3v) is 2.96. The van der Waals surface area contributed by atoms with Crippen molar-refractivity contribution in [2.45, 2.75) is 6.42 Å². The highest BCUT2D eigenvalue weighted by molar-refractivity contribution is 7.08. The van der Waals surface area contributed by atoms with Gasteiger partial charge in [-0.1, -0.05) is 0 Å². The summed E-state index contributed by atoms with van der Waals surface area (Å²) in [5, 5.41) is 12.5. The zero-order valence-corrected chi connectivity index (χ0v) is 8.16. The molecule has 1 aromatic rings. The lowest BCUT2D eigenvalue weighted by Gasteiger charge is -2.13. The summed E-state index contributed by atoms with van der Waals surface area (Å²) in [7, 11) is 0. The molecule has 1 aliphatic heterocycles. The van der Waals surface area contributed by atoms with E-state index < -0.39 is 11.9 Å². The summed E-state index contributed by atoms with van der Waals surface area (Å²) in [6.07, 6.45) is 0.116. The molecule has 1 atom stereocenters. The summed E-state index contributed by atoms with van der Waals surface area (Å²) in [6, 6.07) is 1.83. The molecular weight excluding hydrogens is 202 g/mol.